The third-order valence-electron chi connectivity index (χ3n) is 2.42. The van der Waals surface area contributed by atoms with E-state index in [-0.39, 0.29) is 0 Å². The van der Waals surface area contributed by atoms with Gasteiger partial charge in [-0.25, -0.2) is 4.79 Å². The van der Waals surface area contributed by atoms with E-state index in [2.05, 4.69) is 5.32 Å². The molecule has 76 valence electrons. The highest BCUT2D eigenvalue weighted by Crippen LogP contribution is 2.23. The van der Waals surface area contributed by atoms with Gasteiger partial charge in [-0.15, -0.1) is 0 Å². The van der Waals surface area contributed by atoms with E-state index in [9.17, 15) is 4.79 Å². The van der Waals surface area contributed by atoms with Gasteiger partial charge in [-0.3, -0.25) is 0 Å². The van der Waals surface area contributed by atoms with Crippen molar-refractivity contribution < 1.29 is 9.53 Å². The third-order valence-corrected chi connectivity index (χ3v) is 2.42. The number of hydrogen-bond acceptors (Lipinski definition) is 2. The Morgan fingerprint density at radius 2 is 1.86 bits per heavy atom. The number of hydrogen-bond donors (Lipinski definition) is 1. The van der Waals surface area contributed by atoms with Gasteiger partial charge in [0.2, 0.25) is 0 Å². The van der Waals surface area contributed by atoms with Crippen LogP contribution in [0.3, 0.4) is 0 Å². The first-order chi connectivity index (χ1) is 6.56. The Kier molecular flexibility index (Phi) is 3.12. The van der Waals surface area contributed by atoms with E-state index in [0.29, 0.717) is 5.75 Å². The van der Waals surface area contributed by atoms with Crippen molar-refractivity contribution in [2.45, 2.75) is 20.8 Å². The Bertz CT molecular complexity index is 359. The first-order valence-electron chi connectivity index (χ1n) is 4.52. The van der Waals surface area contributed by atoms with Crippen LogP contribution in [0.15, 0.2) is 12.1 Å². The number of nitrogens with one attached hydrogen (secondary N) is 1. The van der Waals surface area contributed by atoms with Gasteiger partial charge < -0.3 is 10.1 Å². The van der Waals surface area contributed by atoms with Crippen LogP contribution in [0.2, 0.25) is 0 Å². The highest BCUT2D eigenvalue weighted by molar-refractivity contribution is 5.70. The number of benzene rings is 1. The summed E-state index contributed by atoms with van der Waals surface area (Å²) >= 11 is 0. The zero-order chi connectivity index (χ0) is 10.7. The van der Waals surface area contributed by atoms with E-state index in [4.69, 9.17) is 4.74 Å². The summed E-state index contributed by atoms with van der Waals surface area (Å²) in [5.41, 5.74) is 3.37. The van der Waals surface area contributed by atoms with Crippen molar-refractivity contribution >= 4 is 6.09 Å². The van der Waals surface area contributed by atoms with Gasteiger partial charge in [-0.2, -0.15) is 0 Å². The first kappa shape index (κ1) is 10.6. The number of aryl methyl sites for hydroxylation is 1. The molecule has 0 aromatic heterocycles. The lowest BCUT2D eigenvalue weighted by atomic mass is 10.0. The van der Waals surface area contributed by atoms with Gasteiger partial charge in [-0.05, 0) is 43.5 Å². The molecule has 14 heavy (non-hydrogen) atoms. The number of carbonyl (C=O) groups excluding carboxylic acids is 1. The van der Waals surface area contributed by atoms with E-state index >= 15 is 0 Å². The van der Waals surface area contributed by atoms with E-state index in [1.54, 1.807) is 7.05 Å². The molecule has 0 saturated heterocycles. The normalized spacial score (nSPS) is 9.71. The second kappa shape index (κ2) is 4.13. The van der Waals surface area contributed by atoms with Gasteiger partial charge in [0.1, 0.15) is 5.75 Å². The maximum absolute atomic E-state index is 11.0. The molecule has 0 heterocycles. The monoisotopic (exact) mass is 193 g/mol. The fourth-order valence-corrected chi connectivity index (χ4v) is 1.19. The lowest BCUT2D eigenvalue weighted by Gasteiger charge is -2.10. The van der Waals surface area contributed by atoms with Gasteiger partial charge in [-0.1, -0.05) is 6.07 Å². The quantitative estimate of drug-likeness (QED) is 0.743. The Morgan fingerprint density at radius 1 is 1.21 bits per heavy atom. The minimum atomic E-state index is -0.434. The van der Waals surface area contributed by atoms with E-state index in [1.165, 1.54) is 5.56 Å². The van der Waals surface area contributed by atoms with Crippen molar-refractivity contribution in [2.24, 2.45) is 0 Å². The molecule has 0 unspecified atom stereocenters. The average molecular weight is 193 g/mol. The van der Waals surface area contributed by atoms with Crippen LogP contribution in [0.25, 0.3) is 0 Å². The lowest BCUT2D eigenvalue weighted by Crippen LogP contribution is -2.22. The molecule has 0 saturated carbocycles. The molecule has 0 aliphatic carbocycles. The predicted octanol–water partition coefficient (Wildman–Crippen LogP) is 2.33. The standard InChI is InChI=1S/C11H15NO2/c1-7-5-6-10(9(3)8(7)2)14-11(13)12-4/h5-6H,1-4H3,(H,12,13). The zero-order valence-corrected chi connectivity index (χ0v) is 8.97. The molecular formula is C11H15NO2. The molecule has 0 atom stereocenters. The molecule has 1 N–H and O–H groups in total. The molecule has 3 nitrogen and oxygen atoms in total. The van der Waals surface area contributed by atoms with Gasteiger partial charge in [0, 0.05) is 7.05 Å². The van der Waals surface area contributed by atoms with Crippen LogP contribution in [-0.2, 0) is 0 Å². The van der Waals surface area contributed by atoms with Gasteiger partial charge in [0.15, 0.2) is 0 Å². The Labute approximate surface area is 84.1 Å². The Hall–Kier alpha value is -1.51. The smallest absolute Gasteiger partial charge is 0.410 e. The second-order valence-corrected chi connectivity index (χ2v) is 3.27. The maximum atomic E-state index is 11.0. The third kappa shape index (κ3) is 2.05. The van der Waals surface area contributed by atoms with Crippen molar-refractivity contribution in [1.82, 2.24) is 5.32 Å². The molecule has 0 aliphatic heterocycles. The van der Waals surface area contributed by atoms with Crippen LogP contribution in [0.1, 0.15) is 16.7 Å². The summed E-state index contributed by atoms with van der Waals surface area (Å²) in [5, 5.41) is 2.41. The number of ether oxygens (including phenoxy) is 1. The van der Waals surface area contributed by atoms with Gasteiger partial charge in [0.25, 0.3) is 0 Å². The largest absolute Gasteiger partial charge is 0.412 e. The maximum Gasteiger partial charge on any atom is 0.412 e. The Morgan fingerprint density at radius 3 is 2.43 bits per heavy atom. The highest BCUT2D eigenvalue weighted by Gasteiger charge is 2.07. The molecule has 1 aromatic carbocycles. The van der Waals surface area contributed by atoms with Gasteiger partial charge >= 0.3 is 6.09 Å². The summed E-state index contributed by atoms with van der Waals surface area (Å²) in [6, 6.07) is 3.76. The summed E-state index contributed by atoms with van der Waals surface area (Å²) in [6.07, 6.45) is -0.434. The topological polar surface area (TPSA) is 38.3 Å². The molecule has 1 amide bonds. The summed E-state index contributed by atoms with van der Waals surface area (Å²) in [4.78, 5) is 11.0. The van der Waals surface area contributed by atoms with Crippen LogP contribution in [-0.4, -0.2) is 13.1 Å². The average Bonchev–Trinajstić information content (AvgIpc) is 2.19. The van der Waals surface area contributed by atoms with Crippen LogP contribution in [0.5, 0.6) is 5.75 Å². The number of amides is 1. The number of carbonyl (C=O) groups is 1. The van der Waals surface area contributed by atoms with Crippen molar-refractivity contribution in [3.05, 3.63) is 28.8 Å². The molecule has 0 aliphatic rings. The summed E-state index contributed by atoms with van der Waals surface area (Å²) in [6.45, 7) is 5.99. The van der Waals surface area contributed by atoms with Crippen molar-refractivity contribution in [1.29, 1.82) is 0 Å². The minimum Gasteiger partial charge on any atom is -0.410 e. The first-order valence-corrected chi connectivity index (χ1v) is 4.52. The number of rotatable bonds is 1. The van der Waals surface area contributed by atoms with Crippen molar-refractivity contribution in [3.63, 3.8) is 0 Å². The van der Waals surface area contributed by atoms with E-state index in [1.807, 2.05) is 32.9 Å². The predicted molar refractivity (Wildman–Crippen MR) is 55.7 cm³/mol. The molecule has 0 spiro atoms. The van der Waals surface area contributed by atoms with Crippen molar-refractivity contribution in [2.75, 3.05) is 7.05 Å². The molecule has 0 fully saturated rings. The van der Waals surface area contributed by atoms with E-state index in [0.717, 1.165) is 11.1 Å². The summed E-state index contributed by atoms with van der Waals surface area (Å²) < 4.78 is 5.08. The van der Waals surface area contributed by atoms with E-state index < -0.39 is 6.09 Å². The van der Waals surface area contributed by atoms with Crippen LogP contribution in [0, 0.1) is 20.8 Å². The molecule has 1 rings (SSSR count). The minimum absolute atomic E-state index is 0.434. The molecule has 3 heteroatoms. The Balaban J connectivity index is 3.00. The second-order valence-electron chi connectivity index (χ2n) is 3.27. The van der Waals surface area contributed by atoms with Crippen LogP contribution >= 0.6 is 0 Å². The molecular weight excluding hydrogens is 178 g/mol. The zero-order valence-electron chi connectivity index (χ0n) is 8.97. The molecule has 0 radical (unpaired) electrons. The fraction of sp³-hybridized carbons (Fsp3) is 0.364. The summed E-state index contributed by atoms with van der Waals surface area (Å²) in [7, 11) is 1.54. The SMILES string of the molecule is CNC(=O)Oc1ccc(C)c(C)c1C. The van der Waals surface area contributed by atoms with Gasteiger partial charge in [0.05, 0.1) is 0 Å². The molecule has 1 aromatic rings. The highest BCUT2D eigenvalue weighted by atomic mass is 16.6. The summed E-state index contributed by atoms with van der Waals surface area (Å²) in [5.74, 6) is 0.618. The molecule has 0 bridgehead atoms. The van der Waals surface area contributed by atoms with Crippen molar-refractivity contribution in [3.8, 4) is 5.75 Å². The van der Waals surface area contributed by atoms with Crippen LogP contribution < -0.4 is 10.1 Å². The fourth-order valence-electron chi connectivity index (χ4n) is 1.19. The van der Waals surface area contributed by atoms with Crippen LogP contribution in [0.4, 0.5) is 4.79 Å². The lowest BCUT2D eigenvalue weighted by molar-refractivity contribution is 0.202.